The molecule has 1 N–H and O–H groups in total. The van der Waals surface area contributed by atoms with Crippen LogP contribution in [-0.2, 0) is 10.8 Å². The van der Waals surface area contributed by atoms with E-state index in [0.29, 0.717) is 11.3 Å². The minimum Gasteiger partial charge on any atom is -0.350 e. The molecule has 1 aromatic heterocycles. The standard InChI is InChI=1S/C10H14INO2S2/c1-7(3-4-16(2)14)12-10(13)8-5-9(11)15-6-8/h5-7H,3-4H2,1-2H3,(H,12,13). The molecule has 2 atom stereocenters. The molecule has 90 valence electrons. The Labute approximate surface area is 116 Å². The Kier molecular flexibility index (Phi) is 5.91. The molecule has 0 aliphatic carbocycles. The second kappa shape index (κ2) is 6.70. The van der Waals surface area contributed by atoms with Gasteiger partial charge in [0.05, 0.1) is 8.45 Å². The van der Waals surface area contributed by atoms with Gasteiger partial charge in [0.1, 0.15) is 0 Å². The molecule has 3 nitrogen and oxygen atoms in total. The Morgan fingerprint density at radius 2 is 2.38 bits per heavy atom. The van der Waals surface area contributed by atoms with Crippen molar-refractivity contribution in [2.24, 2.45) is 0 Å². The monoisotopic (exact) mass is 371 g/mol. The molecule has 16 heavy (non-hydrogen) atoms. The SMILES string of the molecule is CC(CCS(C)=O)NC(=O)c1csc(I)c1. The van der Waals surface area contributed by atoms with Gasteiger partial charge in [0.25, 0.3) is 5.91 Å². The van der Waals surface area contributed by atoms with Crippen LogP contribution in [0.5, 0.6) is 0 Å². The summed E-state index contributed by atoms with van der Waals surface area (Å²) in [5.74, 6) is 0.580. The summed E-state index contributed by atoms with van der Waals surface area (Å²) in [4.78, 5) is 11.7. The predicted molar refractivity (Wildman–Crippen MR) is 77.5 cm³/mol. The van der Waals surface area contributed by atoms with Crippen molar-refractivity contribution in [3.05, 3.63) is 19.9 Å². The van der Waals surface area contributed by atoms with Crippen LogP contribution in [0.3, 0.4) is 0 Å². The number of carbonyl (C=O) groups excluding carboxylic acids is 1. The van der Waals surface area contributed by atoms with Crippen LogP contribution in [0.15, 0.2) is 11.4 Å². The fourth-order valence-electron chi connectivity index (χ4n) is 1.15. The molecule has 0 radical (unpaired) electrons. The first-order chi connectivity index (χ1) is 7.49. The summed E-state index contributed by atoms with van der Waals surface area (Å²) in [5.41, 5.74) is 0.707. The van der Waals surface area contributed by atoms with Gasteiger partial charge in [-0.3, -0.25) is 9.00 Å². The lowest BCUT2D eigenvalue weighted by atomic mass is 10.2. The van der Waals surface area contributed by atoms with Crippen LogP contribution in [-0.4, -0.2) is 28.2 Å². The molecular formula is C10H14INO2S2. The van der Waals surface area contributed by atoms with Gasteiger partial charge in [0.2, 0.25) is 0 Å². The zero-order valence-electron chi connectivity index (χ0n) is 9.16. The van der Waals surface area contributed by atoms with Gasteiger partial charge in [0.15, 0.2) is 0 Å². The van der Waals surface area contributed by atoms with Crippen LogP contribution < -0.4 is 5.32 Å². The van der Waals surface area contributed by atoms with Crippen molar-refractivity contribution in [3.8, 4) is 0 Å². The van der Waals surface area contributed by atoms with Crippen molar-refractivity contribution in [2.45, 2.75) is 19.4 Å². The smallest absolute Gasteiger partial charge is 0.252 e. The molecule has 0 aliphatic heterocycles. The highest BCUT2D eigenvalue weighted by atomic mass is 127. The topological polar surface area (TPSA) is 46.2 Å². The number of hydrogen-bond acceptors (Lipinski definition) is 3. The lowest BCUT2D eigenvalue weighted by Gasteiger charge is -2.12. The third-order valence-electron chi connectivity index (χ3n) is 2.05. The number of amides is 1. The molecule has 0 bridgehead atoms. The number of rotatable bonds is 5. The maximum Gasteiger partial charge on any atom is 0.252 e. The summed E-state index contributed by atoms with van der Waals surface area (Å²) in [6.45, 7) is 1.93. The number of halogens is 1. The largest absolute Gasteiger partial charge is 0.350 e. The highest BCUT2D eigenvalue weighted by molar-refractivity contribution is 14.1. The molecule has 0 saturated heterocycles. The van der Waals surface area contributed by atoms with Crippen molar-refractivity contribution in [2.75, 3.05) is 12.0 Å². The molecule has 2 unspecified atom stereocenters. The van der Waals surface area contributed by atoms with E-state index in [1.54, 1.807) is 17.6 Å². The third-order valence-corrected chi connectivity index (χ3v) is 4.65. The zero-order valence-corrected chi connectivity index (χ0v) is 12.9. The number of carbonyl (C=O) groups is 1. The number of nitrogens with one attached hydrogen (secondary N) is 1. The van der Waals surface area contributed by atoms with Crippen LogP contribution in [0.2, 0.25) is 0 Å². The summed E-state index contributed by atoms with van der Waals surface area (Å²) >= 11 is 3.75. The summed E-state index contributed by atoms with van der Waals surface area (Å²) in [7, 11) is -0.792. The summed E-state index contributed by atoms with van der Waals surface area (Å²) < 4.78 is 12.0. The van der Waals surface area contributed by atoms with Crippen LogP contribution in [0, 0.1) is 2.88 Å². The highest BCUT2D eigenvalue weighted by Crippen LogP contribution is 2.16. The molecule has 1 aromatic rings. The molecule has 1 heterocycles. The fraction of sp³-hybridized carbons (Fsp3) is 0.500. The minimum absolute atomic E-state index is 0.0476. The van der Waals surface area contributed by atoms with Crippen molar-refractivity contribution >= 4 is 50.6 Å². The Morgan fingerprint density at radius 3 is 2.88 bits per heavy atom. The van der Waals surface area contributed by atoms with Crippen LogP contribution in [0.1, 0.15) is 23.7 Å². The average molecular weight is 371 g/mol. The maximum atomic E-state index is 11.7. The van der Waals surface area contributed by atoms with Gasteiger partial charge in [-0.15, -0.1) is 11.3 Å². The lowest BCUT2D eigenvalue weighted by Crippen LogP contribution is -2.33. The van der Waals surface area contributed by atoms with Crippen molar-refractivity contribution in [3.63, 3.8) is 0 Å². The second-order valence-corrected chi connectivity index (χ2v) is 7.94. The zero-order chi connectivity index (χ0) is 12.1. The summed E-state index contributed by atoms with van der Waals surface area (Å²) in [6, 6.07) is 1.93. The Hall–Kier alpha value is 0.0500. The molecule has 0 aromatic carbocycles. The van der Waals surface area contributed by atoms with Crippen LogP contribution in [0.25, 0.3) is 0 Å². The minimum atomic E-state index is -0.792. The third kappa shape index (κ3) is 4.92. The molecule has 0 aliphatic rings. The lowest BCUT2D eigenvalue weighted by molar-refractivity contribution is 0.0940. The average Bonchev–Trinajstić information content (AvgIpc) is 2.62. The van der Waals surface area contributed by atoms with Crippen molar-refractivity contribution < 1.29 is 9.00 Å². The van der Waals surface area contributed by atoms with Gasteiger partial charge in [-0.1, -0.05) is 0 Å². The predicted octanol–water partition coefficient (Wildman–Crippen LogP) is 2.24. The van der Waals surface area contributed by atoms with E-state index in [4.69, 9.17) is 0 Å². The molecule has 0 spiro atoms. The van der Waals surface area contributed by atoms with E-state index in [1.807, 2.05) is 18.4 Å². The van der Waals surface area contributed by atoms with E-state index in [9.17, 15) is 9.00 Å². The van der Waals surface area contributed by atoms with Gasteiger partial charge in [-0.2, -0.15) is 0 Å². The first kappa shape index (κ1) is 14.1. The highest BCUT2D eigenvalue weighted by Gasteiger charge is 2.11. The fourth-order valence-corrected chi connectivity index (χ4v) is 3.16. The van der Waals surface area contributed by atoms with E-state index < -0.39 is 10.8 Å². The Bertz CT molecular complexity index is 392. The van der Waals surface area contributed by atoms with E-state index in [1.165, 1.54) is 0 Å². The van der Waals surface area contributed by atoms with Gasteiger partial charge in [0, 0.05) is 34.2 Å². The molecule has 1 rings (SSSR count). The Morgan fingerprint density at radius 1 is 1.69 bits per heavy atom. The van der Waals surface area contributed by atoms with Crippen LogP contribution >= 0.6 is 33.9 Å². The first-order valence-corrected chi connectivity index (χ1v) is 8.52. The van der Waals surface area contributed by atoms with E-state index >= 15 is 0 Å². The summed E-state index contributed by atoms with van der Waals surface area (Å²) in [5, 5.41) is 4.74. The van der Waals surface area contributed by atoms with Gasteiger partial charge in [-0.05, 0) is 42.0 Å². The first-order valence-electron chi connectivity index (χ1n) is 4.84. The van der Waals surface area contributed by atoms with Crippen molar-refractivity contribution in [1.82, 2.24) is 5.32 Å². The molecular weight excluding hydrogens is 357 g/mol. The maximum absolute atomic E-state index is 11.7. The van der Waals surface area contributed by atoms with Gasteiger partial charge < -0.3 is 5.32 Å². The Balaban J connectivity index is 2.42. The van der Waals surface area contributed by atoms with E-state index in [0.717, 1.165) is 9.30 Å². The van der Waals surface area contributed by atoms with E-state index in [2.05, 4.69) is 27.9 Å². The second-order valence-electron chi connectivity index (χ2n) is 3.58. The quantitative estimate of drug-likeness (QED) is 0.807. The van der Waals surface area contributed by atoms with Crippen LogP contribution in [0.4, 0.5) is 0 Å². The normalized spacial score (nSPS) is 14.4. The molecule has 0 fully saturated rings. The molecule has 1 amide bonds. The van der Waals surface area contributed by atoms with Gasteiger partial charge in [-0.25, -0.2) is 0 Å². The number of hydrogen-bond donors (Lipinski definition) is 1. The number of thiophene rings is 1. The molecule has 6 heteroatoms. The summed E-state index contributed by atoms with van der Waals surface area (Å²) in [6.07, 6.45) is 2.42. The van der Waals surface area contributed by atoms with Crippen molar-refractivity contribution in [1.29, 1.82) is 0 Å². The molecule has 0 saturated carbocycles. The van der Waals surface area contributed by atoms with E-state index in [-0.39, 0.29) is 11.9 Å². The van der Waals surface area contributed by atoms with Gasteiger partial charge >= 0.3 is 0 Å².